The minimum absolute atomic E-state index is 0.252. The highest BCUT2D eigenvalue weighted by Gasteiger charge is 2.25. The molecule has 0 spiro atoms. The summed E-state index contributed by atoms with van der Waals surface area (Å²) in [6.45, 7) is 5.11. The summed E-state index contributed by atoms with van der Waals surface area (Å²) in [5.41, 5.74) is 1.84. The number of rotatable bonds is 7. The van der Waals surface area contributed by atoms with Crippen molar-refractivity contribution in [3.63, 3.8) is 0 Å². The summed E-state index contributed by atoms with van der Waals surface area (Å²) in [6, 6.07) is 19.4. The van der Waals surface area contributed by atoms with E-state index in [9.17, 15) is 4.79 Å². The van der Waals surface area contributed by atoms with Crippen LogP contribution < -0.4 is 9.47 Å². The fourth-order valence-electron chi connectivity index (χ4n) is 3.31. The first kappa shape index (κ1) is 19.7. The predicted octanol–water partition coefficient (Wildman–Crippen LogP) is 5.37. The average Bonchev–Trinajstić information content (AvgIpc) is 3.13. The molecular weight excluding hydrogens is 378 g/mol. The predicted molar refractivity (Wildman–Crippen MR) is 118 cm³/mol. The Hall–Kier alpha value is -3.60. The van der Waals surface area contributed by atoms with E-state index < -0.39 is 5.97 Å². The number of fused-ring (bicyclic) bond motifs is 1. The topological polar surface area (TPSA) is 57.1 Å². The summed E-state index contributed by atoms with van der Waals surface area (Å²) in [4.78, 5) is 16.9. The van der Waals surface area contributed by atoms with Gasteiger partial charge in [-0.15, -0.1) is 0 Å². The van der Waals surface area contributed by atoms with Crippen molar-refractivity contribution in [3.8, 4) is 11.5 Å². The summed E-state index contributed by atoms with van der Waals surface area (Å²) in [5.74, 6) is 1.18. The van der Waals surface area contributed by atoms with Gasteiger partial charge in [0, 0.05) is 5.56 Å². The van der Waals surface area contributed by atoms with Crippen LogP contribution in [0.3, 0.4) is 0 Å². The van der Waals surface area contributed by atoms with Gasteiger partial charge in [0.1, 0.15) is 0 Å². The molecule has 3 aromatic rings. The maximum Gasteiger partial charge on any atom is 0.363 e. The van der Waals surface area contributed by atoms with Crippen molar-refractivity contribution in [2.75, 3.05) is 13.2 Å². The van der Waals surface area contributed by atoms with Gasteiger partial charge in [-0.05, 0) is 54.0 Å². The fraction of sp³-hybridized carbons (Fsp3) is 0.200. The highest BCUT2D eigenvalue weighted by atomic mass is 16.6. The third-order valence-corrected chi connectivity index (χ3v) is 4.67. The Kier molecular flexibility index (Phi) is 5.80. The monoisotopic (exact) mass is 401 g/mol. The van der Waals surface area contributed by atoms with E-state index in [2.05, 4.69) is 11.9 Å². The highest BCUT2D eigenvalue weighted by molar-refractivity contribution is 6.17. The SMILES string of the molecule is CCCOc1ccc(/C=C2\N=C(c3cccc4ccccc34)OC2=O)cc1OCC. The first-order chi connectivity index (χ1) is 14.7. The van der Waals surface area contributed by atoms with E-state index in [0.29, 0.717) is 30.6 Å². The summed E-state index contributed by atoms with van der Waals surface area (Å²) >= 11 is 0. The Morgan fingerprint density at radius 3 is 2.63 bits per heavy atom. The molecule has 1 aliphatic rings. The molecule has 3 aromatic carbocycles. The van der Waals surface area contributed by atoms with Crippen LogP contribution >= 0.6 is 0 Å². The van der Waals surface area contributed by atoms with Crippen LogP contribution in [0.15, 0.2) is 71.4 Å². The van der Waals surface area contributed by atoms with Crippen LogP contribution in [0, 0.1) is 0 Å². The number of carbonyl (C=O) groups is 1. The standard InChI is InChI=1S/C25H23NO4/c1-3-14-29-22-13-12-17(16-23(22)28-4-2)15-21-25(27)30-24(26-21)20-11-7-9-18-8-5-6-10-19(18)20/h5-13,15-16H,3-4,14H2,1-2H3/b21-15-. The van der Waals surface area contributed by atoms with Crippen LogP contribution in [0.1, 0.15) is 31.4 Å². The van der Waals surface area contributed by atoms with Gasteiger partial charge in [-0.2, -0.15) is 0 Å². The molecule has 1 aliphatic heterocycles. The summed E-state index contributed by atoms with van der Waals surface area (Å²) < 4.78 is 16.9. The van der Waals surface area contributed by atoms with Gasteiger partial charge < -0.3 is 14.2 Å². The molecule has 0 amide bonds. The molecule has 152 valence electrons. The maximum atomic E-state index is 12.5. The first-order valence-electron chi connectivity index (χ1n) is 10.1. The zero-order valence-corrected chi connectivity index (χ0v) is 17.1. The minimum Gasteiger partial charge on any atom is -0.490 e. The van der Waals surface area contributed by atoms with Crippen LogP contribution in [-0.2, 0) is 9.53 Å². The van der Waals surface area contributed by atoms with Crippen molar-refractivity contribution < 1.29 is 19.0 Å². The summed E-state index contributed by atoms with van der Waals surface area (Å²) in [6.07, 6.45) is 2.61. The molecule has 4 rings (SSSR count). The van der Waals surface area contributed by atoms with Crippen molar-refractivity contribution in [2.45, 2.75) is 20.3 Å². The highest BCUT2D eigenvalue weighted by Crippen LogP contribution is 2.31. The summed E-state index contributed by atoms with van der Waals surface area (Å²) in [5, 5.41) is 2.05. The van der Waals surface area contributed by atoms with Crippen LogP contribution in [0.2, 0.25) is 0 Å². The maximum absolute atomic E-state index is 12.5. The van der Waals surface area contributed by atoms with Gasteiger partial charge in [-0.25, -0.2) is 9.79 Å². The minimum atomic E-state index is -0.470. The van der Waals surface area contributed by atoms with Gasteiger partial charge in [0.2, 0.25) is 5.90 Å². The Bertz CT molecular complexity index is 1140. The Labute approximate surface area is 175 Å². The molecule has 0 unspecified atom stereocenters. The molecule has 1 heterocycles. The van der Waals surface area contributed by atoms with Crippen molar-refractivity contribution in [2.24, 2.45) is 4.99 Å². The van der Waals surface area contributed by atoms with E-state index in [1.165, 1.54) is 0 Å². The van der Waals surface area contributed by atoms with E-state index in [0.717, 1.165) is 28.3 Å². The van der Waals surface area contributed by atoms with Gasteiger partial charge in [0.05, 0.1) is 13.2 Å². The zero-order chi connectivity index (χ0) is 20.9. The number of carbonyl (C=O) groups excluding carboxylic acids is 1. The number of cyclic esters (lactones) is 1. The normalized spacial score (nSPS) is 14.7. The van der Waals surface area contributed by atoms with Gasteiger partial charge in [-0.3, -0.25) is 0 Å². The van der Waals surface area contributed by atoms with E-state index in [1.807, 2.05) is 67.6 Å². The lowest BCUT2D eigenvalue weighted by Gasteiger charge is -2.12. The number of esters is 1. The molecule has 0 saturated carbocycles. The number of hydrogen-bond acceptors (Lipinski definition) is 5. The number of ether oxygens (including phenoxy) is 3. The van der Waals surface area contributed by atoms with Gasteiger partial charge in [0.15, 0.2) is 17.2 Å². The lowest BCUT2D eigenvalue weighted by Crippen LogP contribution is -2.05. The molecule has 30 heavy (non-hydrogen) atoms. The lowest BCUT2D eigenvalue weighted by atomic mass is 10.0. The average molecular weight is 401 g/mol. The second kappa shape index (κ2) is 8.82. The quantitative estimate of drug-likeness (QED) is 0.394. The molecule has 0 bridgehead atoms. The largest absolute Gasteiger partial charge is 0.490 e. The van der Waals surface area contributed by atoms with E-state index in [1.54, 1.807) is 6.08 Å². The van der Waals surface area contributed by atoms with Gasteiger partial charge >= 0.3 is 5.97 Å². The van der Waals surface area contributed by atoms with E-state index >= 15 is 0 Å². The molecule has 0 atom stereocenters. The van der Waals surface area contributed by atoms with Crippen molar-refractivity contribution in [1.29, 1.82) is 0 Å². The number of hydrogen-bond donors (Lipinski definition) is 0. The molecular formula is C25H23NO4. The molecule has 0 aromatic heterocycles. The van der Waals surface area contributed by atoms with Crippen molar-refractivity contribution >= 4 is 28.7 Å². The van der Waals surface area contributed by atoms with Crippen molar-refractivity contribution in [1.82, 2.24) is 0 Å². The van der Waals surface area contributed by atoms with Crippen LogP contribution in [0.4, 0.5) is 0 Å². The molecule has 5 nitrogen and oxygen atoms in total. The Balaban J connectivity index is 1.67. The molecule has 0 fully saturated rings. The zero-order valence-electron chi connectivity index (χ0n) is 17.1. The molecule has 0 radical (unpaired) electrons. The second-order valence-corrected chi connectivity index (χ2v) is 6.85. The van der Waals surface area contributed by atoms with Crippen LogP contribution in [0.5, 0.6) is 11.5 Å². The molecule has 0 aliphatic carbocycles. The fourth-order valence-corrected chi connectivity index (χ4v) is 3.31. The van der Waals surface area contributed by atoms with E-state index in [-0.39, 0.29) is 5.70 Å². The van der Waals surface area contributed by atoms with Gasteiger partial charge in [0.25, 0.3) is 0 Å². The van der Waals surface area contributed by atoms with E-state index in [4.69, 9.17) is 14.2 Å². The third-order valence-electron chi connectivity index (χ3n) is 4.67. The number of aliphatic imine (C=N–C) groups is 1. The molecule has 5 heteroatoms. The van der Waals surface area contributed by atoms with Gasteiger partial charge in [-0.1, -0.05) is 49.4 Å². The third kappa shape index (κ3) is 4.06. The number of nitrogens with zero attached hydrogens (tertiary/aromatic N) is 1. The second-order valence-electron chi connectivity index (χ2n) is 6.85. The summed E-state index contributed by atoms with van der Waals surface area (Å²) in [7, 11) is 0. The smallest absolute Gasteiger partial charge is 0.363 e. The lowest BCUT2D eigenvalue weighted by molar-refractivity contribution is -0.129. The van der Waals surface area contributed by atoms with Crippen LogP contribution in [0.25, 0.3) is 16.8 Å². The van der Waals surface area contributed by atoms with Crippen LogP contribution in [-0.4, -0.2) is 25.1 Å². The number of benzene rings is 3. The van der Waals surface area contributed by atoms with Crippen molar-refractivity contribution in [3.05, 3.63) is 77.5 Å². The molecule has 0 saturated heterocycles. The molecule has 0 N–H and O–H groups in total. The Morgan fingerprint density at radius 2 is 1.80 bits per heavy atom. The first-order valence-corrected chi connectivity index (χ1v) is 10.1. The Morgan fingerprint density at radius 1 is 0.967 bits per heavy atom.